The SMILES string of the molecule is Brc1ccc(CNCc2cccc3c2NCC3)s1. The quantitative estimate of drug-likeness (QED) is 0.895. The number of halogens is 1. The third-order valence-corrected chi connectivity index (χ3v) is 4.80. The summed E-state index contributed by atoms with van der Waals surface area (Å²) in [6.45, 7) is 2.93. The molecule has 94 valence electrons. The van der Waals surface area contributed by atoms with E-state index in [9.17, 15) is 0 Å². The van der Waals surface area contributed by atoms with E-state index in [1.807, 2.05) is 0 Å². The van der Waals surface area contributed by atoms with E-state index >= 15 is 0 Å². The fourth-order valence-corrected chi connectivity index (χ4v) is 3.78. The highest BCUT2D eigenvalue weighted by Gasteiger charge is 2.12. The first-order valence-electron chi connectivity index (χ1n) is 6.12. The van der Waals surface area contributed by atoms with Crippen LogP contribution in [-0.2, 0) is 19.5 Å². The summed E-state index contributed by atoms with van der Waals surface area (Å²) in [7, 11) is 0. The predicted molar refractivity (Wildman–Crippen MR) is 81.2 cm³/mol. The summed E-state index contributed by atoms with van der Waals surface area (Å²) in [5.74, 6) is 0. The normalized spacial score (nSPS) is 13.4. The molecule has 0 spiro atoms. The molecule has 0 atom stereocenters. The van der Waals surface area contributed by atoms with E-state index < -0.39 is 0 Å². The van der Waals surface area contributed by atoms with E-state index in [0.29, 0.717) is 0 Å². The molecule has 0 radical (unpaired) electrons. The van der Waals surface area contributed by atoms with Gasteiger partial charge in [-0.2, -0.15) is 0 Å². The number of nitrogens with one attached hydrogen (secondary N) is 2. The van der Waals surface area contributed by atoms with E-state index in [2.05, 4.69) is 56.9 Å². The van der Waals surface area contributed by atoms with Gasteiger partial charge < -0.3 is 10.6 Å². The zero-order chi connectivity index (χ0) is 12.4. The lowest BCUT2D eigenvalue weighted by atomic mass is 10.1. The minimum atomic E-state index is 0.922. The van der Waals surface area contributed by atoms with Crippen LogP contribution in [0.25, 0.3) is 0 Å². The van der Waals surface area contributed by atoms with Gasteiger partial charge in [0.15, 0.2) is 0 Å². The molecule has 0 amide bonds. The lowest BCUT2D eigenvalue weighted by Crippen LogP contribution is -2.12. The minimum absolute atomic E-state index is 0.922. The Bertz CT molecular complexity index is 550. The molecular formula is C14H15BrN2S. The van der Waals surface area contributed by atoms with Crippen molar-refractivity contribution < 1.29 is 0 Å². The maximum Gasteiger partial charge on any atom is 0.0701 e. The number of benzene rings is 1. The van der Waals surface area contributed by atoms with Crippen LogP contribution in [0.2, 0.25) is 0 Å². The van der Waals surface area contributed by atoms with Crippen molar-refractivity contribution in [3.63, 3.8) is 0 Å². The molecule has 2 aromatic rings. The van der Waals surface area contributed by atoms with Gasteiger partial charge in [0.05, 0.1) is 3.79 Å². The van der Waals surface area contributed by atoms with Crippen LogP contribution in [0.3, 0.4) is 0 Å². The molecule has 0 fully saturated rings. The lowest BCUT2D eigenvalue weighted by Gasteiger charge is -2.09. The van der Waals surface area contributed by atoms with Crippen LogP contribution in [0, 0.1) is 0 Å². The van der Waals surface area contributed by atoms with Crippen molar-refractivity contribution in [2.75, 3.05) is 11.9 Å². The van der Waals surface area contributed by atoms with Crippen LogP contribution >= 0.6 is 27.3 Å². The molecule has 1 aromatic heterocycles. The fraction of sp³-hybridized carbons (Fsp3) is 0.286. The average molecular weight is 323 g/mol. The molecule has 0 saturated heterocycles. The van der Waals surface area contributed by atoms with Crippen molar-refractivity contribution in [1.82, 2.24) is 5.32 Å². The van der Waals surface area contributed by atoms with Gasteiger partial charge in [-0.25, -0.2) is 0 Å². The van der Waals surface area contributed by atoms with Crippen LogP contribution in [0.5, 0.6) is 0 Å². The van der Waals surface area contributed by atoms with E-state index in [1.165, 1.54) is 25.5 Å². The average Bonchev–Trinajstić information content (AvgIpc) is 2.98. The third-order valence-electron chi connectivity index (χ3n) is 3.18. The Labute approximate surface area is 120 Å². The number of anilines is 1. The van der Waals surface area contributed by atoms with Crippen molar-refractivity contribution >= 4 is 33.0 Å². The third kappa shape index (κ3) is 2.60. The van der Waals surface area contributed by atoms with Crippen molar-refractivity contribution in [2.24, 2.45) is 0 Å². The van der Waals surface area contributed by atoms with Gasteiger partial charge in [0.1, 0.15) is 0 Å². The highest BCUT2D eigenvalue weighted by atomic mass is 79.9. The predicted octanol–water partition coefficient (Wildman–Crippen LogP) is 3.77. The highest BCUT2D eigenvalue weighted by Crippen LogP contribution is 2.26. The maximum absolute atomic E-state index is 3.51. The smallest absolute Gasteiger partial charge is 0.0701 e. The second kappa shape index (κ2) is 5.43. The van der Waals surface area contributed by atoms with Crippen LogP contribution < -0.4 is 10.6 Å². The van der Waals surface area contributed by atoms with Crippen molar-refractivity contribution in [3.05, 3.63) is 50.1 Å². The van der Waals surface area contributed by atoms with Crippen LogP contribution in [0.4, 0.5) is 5.69 Å². The van der Waals surface area contributed by atoms with Gasteiger partial charge in [-0.05, 0) is 45.6 Å². The van der Waals surface area contributed by atoms with Crippen molar-refractivity contribution in [1.29, 1.82) is 0 Å². The molecule has 2 heterocycles. The monoisotopic (exact) mass is 322 g/mol. The molecular weight excluding hydrogens is 308 g/mol. The summed E-state index contributed by atoms with van der Waals surface area (Å²) in [6, 6.07) is 10.8. The largest absolute Gasteiger partial charge is 0.384 e. The molecule has 1 aliphatic heterocycles. The topological polar surface area (TPSA) is 24.1 Å². The van der Waals surface area contributed by atoms with Crippen LogP contribution in [0.15, 0.2) is 34.1 Å². The summed E-state index contributed by atoms with van der Waals surface area (Å²) in [5, 5.41) is 6.99. The first-order chi connectivity index (χ1) is 8.83. The molecule has 3 rings (SSSR count). The van der Waals surface area contributed by atoms with Gasteiger partial charge in [-0.15, -0.1) is 11.3 Å². The van der Waals surface area contributed by atoms with Gasteiger partial charge in [0, 0.05) is 30.2 Å². The maximum atomic E-state index is 3.51. The number of hydrogen-bond acceptors (Lipinski definition) is 3. The molecule has 2 nitrogen and oxygen atoms in total. The first-order valence-corrected chi connectivity index (χ1v) is 7.73. The molecule has 4 heteroatoms. The van der Waals surface area contributed by atoms with Gasteiger partial charge in [0.2, 0.25) is 0 Å². The Balaban J connectivity index is 1.62. The highest BCUT2D eigenvalue weighted by molar-refractivity contribution is 9.11. The number of hydrogen-bond donors (Lipinski definition) is 2. The molecule has 2 N–H and O–H groups in total. The van der Waals surface area contributed by atoms with Crippen LogP contribution in [-0.4, -0.2) is 6.54 Å². The summed E-state index contributed by atoms with van der Waals surface area (Å²) in [5.41, 5.74) is 4.17. The van der Waals surface area contributed by atoms with Gasteiger partial charge >= 0.3 is 0 Å². The second-order valence-corrected chi connectivity index (χ2v) is 6.98. The molecule has 0 saturated carbocycles. The molecule has 0 bridgehead atoms. The zero-order valence-electron chi connectivity index (χ0n) is 10.0. The number of thiophene rings is 1. The van der Waals surface area contributed by atoms with E-state index in [1.54, 1.807) is 11.3 Å². The zero-order valence-corrected chi connectivity index (χ0v) is 12.4. The first kappa shape index (κ1) is 12.2. The Kier molecular flexibility index (Phi) is 3.68. The number of para-hydroxylation sites is 1. The second-order valence-electron chi connectivity index (χ2n) is 4.44. The molecule has 0 unspecified atom stereocenters. The summed E-state index contributed by atoms with van der Waals surface area (Å²) in [4.78, 5) is 1.36. The Morgan fingerprint density at radius 3 is 3.00 bits per heavy atom. The van der Waals surface area contributed by atoms with E-state index in [-0.39, 0.29) is 0 Å². The molecule has 0 aliphatic carbocycles. The Morgan fingerprint density at radius 2 is 2.17 bits per heavy atom. The van der Waals surface area contributed by atoms with Gasteiger partial charge in [-0.3, -0.25) is 0 Å². The van der Waals surface area contributed by atoms with E-state index in [0.717, 1.165) is 26.1 Å². The lowest BCUT2D eigenvalue weighted by molar-refractivity contribution is 0.702. The van der Waals surface area contributed by atoms with Crippen molar-refractivity contribution in [3.8, 4) is 0 Å². The molecule has 1 aliphatic rings. The van der Waals surface area contributed by atoms with Gasteiger partial charge in [0.25, 0.3) is 0 Å². The fourth-order valence-electron chi connectivity index (χ4n) is 2.33. The van der Waals surface area contributed by atoms with Gasteiger partial charge in [-0.1, -0.05) is 18.2 Å². The summed E-state index contributed by atoms with van der Waals surface area (Å²) < 4.78 is 1.20. The summed E-state index contributed by atoms with van der Waals surface area (Å²) in [6.07, 6.45) is 1.15. The number of rotatable bonds is 4. The summed E-state index contributed by atoms with van der Waals surface area (Å²) >= 11 is 5.28. The van der Waals surface area contributed by atoms with E-state index in [4.69, 9.17) is 0 Å². The molecule has 1 aromatic carbocycles. The van der Waals surface area contributed by atoms with Crippen LogP contribution in [0.1, 0.15) is 16.0 Å². The Morgan fingerprint density at radius 1 is 1.22 bits per heavy atom. The Hall–Kier alpha value is -0.840. The minimum Gasteiger partial charge on any atom is -0.384 e. The molecule has 18 heavy (non-hydrogen) atoms. The standard InChI is InChI=1S/C14H15BrN2S/c15-13-5-4-12(18-13)9-16-8-11-3-1-2-10-6-7-17-14(10)11/h1-5,16-17H,6-9H2. The van der Waals surface area contributed by atoms with Crippen molar-refractivity contribution in [2.45, 2.75) is 19.5 Å². The number of fused-ring (bicyclic) bond motifs is 1.